The van der Waals surface area contributed by atoms with Crippen molar-refractivity contribution < 1.29 is 9.53 Å². The van der Waals surface area contributed by atoms with Gasteiger partial charge in [0.2, 0.25) is 5.13 Å². The minimum Gasteiger partial charge on any atom is -0.496 e. The van der Waals surface area contributed by atoms with E-state index in [1.54, 1.807) is 13.2 Å². The highest BCUT2D eigenvalue weighted by Crippen LogP contribution is 2.24. The van der Waals surface area contributed by atoms with Gasteiger partial charge in [0.1, 0.15) is 10.8 Å². The molecule has 0 spiro atoms. The normalized spacial score (nSPS) is 10.4. The van der Waals surface area contributed by atoms with Gasteiger partial charge in [-0.15, -0.1) is 10.2 Å². The number of nitrogens with zero attached hydrogens (tertiary/aromatic N) is 2. The van der Waals surface area contributed by atoms with E-state index in [4.69, 9.17) is 4.74 Å². The number of rotatable bonds is 5. The molecule has 2 aromatic carbocycles. The van der Waals surface area contributed by atoms with Gasteiger partial charge < -0.3 is 4.74 Å². The van der Waals surface area contributed by atoms with Gasteiger partial charge in [-0.1, -0.05) is 47.2 Å². The number of carbonyl (C=O) groups is 1. The van der Waals surface area contributed by atoms with E-state index < -0.39 is 0 Å². The largest absolute Gasteiger partial charge is 0.496 e. The maximum absolute atomic E-state index is 12.2. The lowest BCUT2D eigenvalue weighted by atomic mass is 10.1. The van der Waals surface area contributed by atoms with Crippen molar-refractivity contribution in [3.8, 4) is 5.75 Å². The molecule has 0 atom stereocenters. The number of hydrogen-bond donors (Lipinski definition) is 1. The second kappa shape index (κ2) is 7.23. The molecule has 1 amide bonds. The first-order chi connectivity index (χ1) is 11.7. The van der Waals surface area contributed by atoms with Crippen molar-refractivity contribution in [3.05, 3.63) is 70.2 Å². The second-order valence-electron chi connectivity index (χ2n) is 5.31. The molecule has 0 saturated carbocycles. The van der Waals surface area contributed by atoms with Gasteiger partial charge in [0.05, 0.1) is 7.11 Å². The van der Waals surface area contributed by atoms with Crippen molar-refractivity contribution in [1.82, 2.24) is 10.2 Å². The van der Waals surface area contributed by atoms with Gasteiger partial charge in [-0.25, -0.2) is 0 Å². The summed E-state index contributed by atoms with van der Waals surface area (Å²) in [6.07, 6.45) is 0.613. The van der Waals surface area contributed by atoms with E-state index in [0.717, 1.165) is 21.9 Å². The van der Waals surface area contributed by atoms with Gasteiger partial charge in [0.15, 0.2) is 0 Å². The van der Waals surface area contributed by atoms with Crippen LogP contribution in [0.25, 0.3) is 0 Å². The lowest BCUT2D eigenvalue weighted by Crippen LogP contribution is -2.11. The average molecular weight is 339 g/mol. The van der Waals surface area contributed by atoms with Gasteiger partial charge in [0.25, 0.3) is 5.91 Å². The van der Waals surface area contributed by atoms with Crippen molar-refractivity contribution in [1.29, 1.82) is 0 Å². The first-order valence-corrected chi connectivity index (χ1v) is 8.29. The van der Waals surface area contributed by atoms with Crippen LogP contribution in [-0.2, 0) is 6.42 Å². The molecule has 0 aliphatic carbocycles. The SMILES string of the molecule is COc1ccccc1Cc1nnc(NC(=O)c2cccc(C)c2)s1. The number of ether oxygens (including phenoxy) is 1. The predicted molar refractivity (Wildman–Crippen MR) is 94.8 cm³/mol. The number of amides is 1. The number of para-hydroxylation sites is 1. The topological polar surface area (TPSA) is 64.1 Å². The summed E-state index contributed by atoms with van der Waals surface area (Å²) in [6, 6.07) is 15.2. The highest BCUT2D eigenvalue weighted by atomic mass is 32.1. The Labute approximate surface area is 144 Å². The van der Waals surface area contributed by atoms with E-state index in [-0.39, 0.29) is 5.91 Å². The number of anilines is 1. The molecule has 0 fully saturated rings. The minimum atomic E-state index is -0.182. The number of methoxy groups -OCH3 is 1. The maximum atomic E-state index is 12.2. The lowest BCUT2D eigenvalue weighted by molar-refractivity contribution is 0.102. The zero-order valence-corrected chi connectivity index (χ0v) is 14.3. The molecule has 6 heteroatoms. The summed E-state index contributed by atoms with van der Waals surface area (Å²) < 4.78 is 5.34. The Balaban J connectivity index is 1.70. The van der Waals surface area contributed by atoms with Crippen LogP contribution in [0.3, 0.4) is 0 Å². The summed E-state index contributed by atoms with van der Waals surface area (Å²) in [5.41, 5.74) is 2.68. The number of carbonyl (C=O) groups excluding carboxylic acids is 1. The molecule has 1 aromatic heterocycles. The lowest BCUT2D eigenvalue weighted by Gasteiger charge is -2.05. The zero-order chi connectivity index (χ0) is 16.9. The fourth-order valence-corrected chi connectivity index (χ4v) is 3.10. The first kappa shape index (κ1) is 16.1. The van der Waals surface area contributed by atoms with Gasteiger partial charge in [0, 0.05) is 17.5 Å². The van der Waals surface area contributed by atoms with Crippen LogP contribution in [0, 0.1) is 6.92 Å². The molecular formula is C18H17N3O2S. The molecule has 1 N–H and O–H groups in total. The van der Waals surface area contributed by atoms with Gasteiger partial charge in [-0.2, -0.15) is 0 Å². The molecule has 0 aliphatic rings. The van der Waals surface area contributed by atoms with E-state index in [1.807, 2.05) is 49.4 Å². The summed E-state index contributed by atoms with van der Waals surface area (Å²) >= 11 is 1.36. The van der Waals surface area contributed by atoms with Crippen LogP contribution in [0.15, 0.2) is 48.5 Å². The number of aromatic nitrogens is 2. The average Bonchev–Trinajstić information content (AvgIpc) is 3.02. The van der Waals surface area contributed by atoms with Crippen molar-refractivity contribution in [2.45, 2.75) is 13.3 Å². The van der Waals surface area contributed by atoms with E-state index in [1.165, 1.54) is 11.3 Å². The highest BCUT2D eigenvalue weighted by Gasteiger charge is 2.12. The Morgan fingerprint density at radius 3 is 2.79 bits per heavy atom. The molecule has 0 bridgehead atoms. The maximum Gasteiger partial charge on any atom is 0.257 e. The van der Waals surface area contributed by atoms with Crippen LogP contribution in [0.4, 0.5) is 5.13 Å². The van der Waals surface area contributed by atoms with Crippen LogP contribution >= 0.6 is 11.3 Å². The summed E-state index contributed by atoms with van der Waals surface area (Å²) in [4.78, 5) is 12.2. The molecule has 0 radical (unpaired) electrons. The summed E-state index contributed by atoms with van der Waals surface area (Å²) in [5.74, 6) is 0.636. The molecule has 5 nitrogen and oxygen atoms in total. The smallest absolute Gasteiger partial charge is 0.257 e. The van der Waals surface area contributed by atoms with Crippen molar-refractivity contribution in [2.75, 3.05) is 12.4 Å². The van der Waals surface area contributed by atoms with E-state index in [9.17, 15) is 4.79 Å². The van der Waals surface area contributed by atoms with Gasteiger partial charge >= 0.3 is 0 Å². The molecule has 0 aliphatic heterocycles. The summed E-state index contributed by atoms with van der Waals surface area (Å²) in [7, 11) is 1.65. The van der Waals surface area contributed by atoms with E-state index in [2.05, 4.69) is 15.5 Å². The Hall–Kier alpha value is -2.73. The molecule has 0 saturated heterocycles. The monoisotopic (exact) mass is 339 g/mol. The summed E-state index contributed by atoms with van der Waals surface area (Å²) in [6.45, 7) is 1.95. The molecule has 24 heavy (non-hydrogen) atoms. The predicted octanol–water partition coefficient (Wildman–Crippen LogP) is 3.70. The quantitative estimate of drug-likeness (QED) is 0.770. The second-order valence-corrected chi connectivity index (χ2v) is 6.38. The Morgan fingerprint density at radius 1 is 1.17 bits per heavy atom. The molecule has 3 aromatic rings. The van der Waals surface area contributed by atoms with E-state index in [0.29, 0.717) is 17.1 Å². The van der Waals surface area contributed by atoms with Gasteiger partial charge in [-0.05, 0) is 25.1 Å². The number of benzene rings is 2. The molecule has 0 unspecified atom stereocenters. The van der Waals surface area contributed by atoms with Crippen LogP contribution in [0.1, 0.15) is 26.5 Å². The van der Waals surface area contributed by atoms with Crippen molar-refractivity contribution in [2.24, 2.45) is 0 Å². The minimum absolute atomic E-state index is 0.182. The molecular weight excluding hydrogens is 322 g/mol. The van der Waals surface area contributed by atoms with Crippen molar-refractivity contribution in [3.63, 3.8) is 0 Å². The van der Waals surface area contributed by atoms with Crippen LogP contribution in [0.2, 0.25) is 0 Å². The Morgan fingerprint density at radius 2 is 2.00 bits per heavy atom. The van der Waals surface area contributed by atoms with Crippen molar-refractivity contribution >= 4 is 22.4 Å². The van der Waals surface area contributed by atoms with Crippen LogP contribution in [0.5, 0.6) is 5.75 Å². The van der Waals surface area contributed by atoms with Crippen LogP contribution < -0.4 is 10.1 Å². The number of nitrogens with one attached hydrogen (secondary N) is 1. The third-order valence-corrected chi connectivity index (χ3v) is 4.34. The number of hydrogen-bond acceptors (Lipinski definition) is 5. The fraction of sp³-hybridized carbons (Fsp3) is 0.167. The van der Waals surface area contributed by atoms with Gasteiger partial charge in [-0.3, -0.25) is 10.1 Å². The first-order valence-electron chi connectivity index (χ1n) is 7.48. The molecule has 122 valence electrons. The van der Waals surface area contributed by atoms with Crippen LogP contribution in [-0.4, -0.2) is 23.2 Å². The summed E-state index contributed by atoms with van der Waals surface area (Å²) in [5, 5.41) is 12.3. The standard InChI is InChI=1S/C18H17N3O2S/c1-12-6-5-8-14(10-12)17(22)19-18-21-20-16(24-18)11-13-7-3-4-9-15(13)23-2/h3-10H,11H2,1-2H3,(H,19,21,22). The Bertz CT molecular complexity index is 861. The highest BCUT2D eigenvalue weighted by molar-refractivity contribution is 7.15. The van der Waals surface area contributed by atoms with E-state index >= 15 is 0 Å². The Kier molecular flexibility index (Phi) is 4.86. The third-order valence-electron chi connectivity index (χ3n) is 3.50. The third kappa shape index (κ3) is 3.78. The number of aryl methyl sites for hydroxylation is 1. The zero-order valence-electron chi connectivity index (χ0n) is 13.4. The fourth-order valence-electron chi connectivity index (χ4n) is 2.34. The molecule has 3 rings (SSSR count). The molecule has 1 heterocycles.